The highest BCUT2D eigenvalue weighted by Crippen LogP contribution is 2.21. The smallest absolute Gasteiger partial charge is 0.397 e. The van der Waals surface area contributed by atoms with E-state index in [1.54, 1.807) is 13.1 Å². The molecular formula is C18H23N5O4. The third-order valence-corrected chi connectivity index (χ3v) is 4.28. The molecule has 3 heterocycles. The molecule has 0 spiro atoms. The summed E-state index contributed by atoms with van der Waals surface area (Å²) in [5.41, 5.74) is 0.783. The number of hydrogen-bond donors (Lipinski definition) is 0. The third-order valence-electron chi connectivity index (χ3n) is 4.28. The summed E-state index contributed by atoms with van der Waals surface area (Å²) in [5, 5.41) is 3.98. The fourth-order valence-corrected chi connectivity index (χ4v) is 2.75. The second kappa shape index (κ2) is 8.15. The molecule has 9 heteroatoms. The Morgan fingerprint density at radius 3 is 2.52 bits per heavy atom. The molecule has 1 aliphatic heterocycles. The van der Waals surface area contributed by atoms with Crippen molar-refractivity contribution in [2.24, 2.45) is 0 Å². The molecule has 1 amide bonds. The lowest BCUT2D eigenvalue weighted by Crippen LogP contribution is -2.51. The van der Waals surface area contributed by atoms with E-state index in [0.29, 0.717) is 37.9 Å². The summed E-state index contributed by atoms with van der Waals surface area (Å²) in [6, 6.07) is 3.79. The summed E-state index contributed by atoms with van der Waals surface area (Å²) < 4.78 is 9.99. The van der Waals surface area contributed by atoms with Crippen molar-refractivity contribution in [3.8, 4) is 11.4 Å². The lowest BCUT2D eigenvalue weighted by Gasteiger charge is -2.34. The number of rotatable bonds is 4. The van der Waals surface area contributed by atoms with Crippen molar-refractivity contribution in [2.45, 2.75) is 26.7 Å². The van der Waals surface area contributed by atoms with E-state index in [1.165, 1.54) is 4.90 Å². The molecule has 9 nitrogen and oxygen atoms in total. The Labute approximate surface area is 157 Å². The second-order valence-corrected chi connectivity index (χ2v) is 6.52. The Hall–Kier alpha value is -2.97. The number of aromatic nitrogens is 3. The molecule has 0 radical (unpaired) electrons. The predicted molar refractivity (Wildman–Crippen MR) is 97.0 cm³/mol. The third kappa shape index (κ3) is 4.24. The Bertz CT molecular complexity index is 794. The van der Waals surface area contributed by atoms with Crippen molar-refractivity contribution >= 4 is 17.7 Å². The molecule has 27 heavy (non-hydrogen) atoms. The first-order chi connectivity index (χ1) is 13.0. The van der Waals surface area contributed by atoms with Crippen molar-refractivity contribution < 1.29 is 18.8 Å². The molecule has 0 aliphatic carbocycles. The van der Waals surface area contributed by atoms with E-state index in [4.69, 9.17) is 9.26 Å². The SMILES string of the molecule is CCOC(=O)C(=O)N1CCN(c2ccc(-c3noc(C(C)C)n3)cn2)CC1. The van der Waals surface area contributed by atoms with Crippen molar-refractivity contribution in [2.75, 3.05) is 37.7 Å². The van der Waals surface area contributed by atoms with Gasteiger partial charge in [0.15, 0.2) is 0 Å². The van der Waals surface area contributed by atoms with Crippen LogP contribution in [0.4, 0.5) is 5.82 Å². The molecule has 144 valence electrons. The molecule has 0 bridgehead atoms. The number of amides is 1. The Morgan fingerprint density at radius 2 is 1.96 bits per heavy atom. The normalized spacial score (nSPS) is 14.5. The van der Waals surface area contributed by atoms with Gasteiger partial charge in [0.2, 0.25) is 11.7 Å². The van der Waals surface area contributed by atoms with Gasteiger partial charge < -0.3 is 19.1 Å². The van der Waals surface area contributed by atoms with Crippen LogP contribution < -0.4 is 4.90 Å². The van der Waals surface area contributed by atoms with Crippen molar-refractivity contribution in [3.63, 3.8) is 0 Å². The van der Waals surface area contributed by atoms with E-state index in [0.717, 1.165) is 11.4 Å². The van der Waals surface area contributed by atoms with Gasteiger partial charge in [0, 0.05) is 43.9 Å². The average Bonchev–Trinajstić information content (AvgIpc) is 3.18. The number of piperazine rings is 1. The molecule has 0 N–H and O–H groups in total. The zero-order valence-corrected chi connectivity index (χ0v) is 15.7. The number of nitrogens with zero attached hydrogens (tertiary/aromatic N) is 5. The maximum atomic E-state index is 12.0. The van der Waals surface area contributed by atoms with Crippen LogP contribution in [-0.2, 0) is 14.3 Å². The van der Waals surface area contributed by atoms with E-state index in [9.17, 15) is 9.59 Å². The minimum Gasteiger partial charge on any atom is -0.459 e. The maximum Gasteiger partial charge on any atom is 0.397 e. The highest BCUT2D eigenvalue weighted by Gasteiger charge is 2.27. The van der Waals surface area contributed by atoms with E-state index < -0.39 is 11.9 Å². The van der Waals surface area contributed by atoms with Gasteiger partial charge in [-0.3, -0.25) is 4.79 Å². The number of esters is 1. The number of carbonyl (C=O) groups excluding carboxylic acids is 2. The average molecular weight is 373 g/mol. The summed E-state index contributed by atoms with van der Waals surface area (Å²) >= 11 is 0. The number of carbonyl (C=O) groups is 2. The van der Waals surface area contributed by atoms with Gasteiger partial charge in [-0.25, -0.2) is 9.78 Å². The van der Waals surface area contributed by atoms with Gasteiger partial charge in [-0.05, 0) is 19.1 Å². The van der Waals surface area contributed by atoms with Crippen LogP contribution in [0.3, 0.4) is 0 Å². The van der Waals surface area contributed by atoms with Crippen LogP contribution in [0.25, 0.3) is 11.4 Å². The monoisotopic (exact) mass is 373 g/mol. The summed E-state index contributed by atoms with van der Waals surface area (Å²) in [6.07, 6.45) is 1.71. The van der Waals surface area contributed by atoms with Crippen molar-refractivity contribution in [3.05, 3.63) is 24.2 Å². The first kappa shape index (κ1) is 18.8. The fourth-order valence-electron chi connectivity index (χ4n) is 2.75. The van der Waals surface area contributed by atoms with Crippen LogP contribution in [0.15, 0.2) is 22.9 Å². The van der Waals surface area contributed by atoms with Crippen LogP contribution in [0.2, 0.25) is 0 Å². The van der Waals surface area contributed by atoms with Gasteiger partial charge in [0.1, 0.15) is 5.82 Å². The maximum absolute atomic E-state index is 12.0. The van der Waals surface area contributed by atoms with Gasteiger partial charge >= 0.3 is 11.9 Å². The summed E-state index contributed by atoms with van der Waals surface area (Å²) in [6.45, 7) is 7.94. The van der Waals surface area contributed by atoms with Gasteiger partial charge in [-0.15, -0.1) is 0 Å². The molecule has 1 fully saturated rings. The zero-order valence-electron chi connectivity index (χ0n) is 15.7. The lowest BCUT2D eigenvalue weighted by molar-refractivity contribution is -0.160. The molecule has 0 atom stereocenters. The zero-order chi connectivity index (χ0) is 19.4. The molecule has 0 saturated carbocycles. The summed E-state index contributed by atoms with van der Waals surface area (Å²) in [5.74, 6) is 0.702. The number of hydrogen-bond acceptors (Lipinski definition) is 8. The molecule has 3 rings (SSSR count). The number of anilines is 1. The second-order valence-electron chi connectivity index (χ2n) is 6.52. The van der Waals surface area contributed by atoms with Crippen molar-refractivity contribution in [1.29, 1.82) is 0 Å². The standard InChI is InChI=1S/C18H23N5O4/c1-4-26-18(25)17(24)23-9-7-22(8-10-23)14-6-5-13(11-19-14)15-20-16(12(2)3)27-21-15/h5-6,11-12H,4,7-10H2,1-3H3. The largest absolute Gasteiger partial charge is 0.459 e. The Balaban J connectivity index is 1.60. The fraction of sp³-hybridized carbons (Fsp3) is 0.500. The predicted octanol–water partition coefficient (Wildman–Crippen LogP) is 1.47. The Morgan fingerprint density at radius 1 is 1.22 bits per heavy atom. The van der Waals surface area contributed by atoms with Gasteiger partial charge in [-0.2, -0.15) is 4.98 Å². The minimum atomic E-state index is -0.797. The molecule has 0 aromatic carbocycles. The van der Waals surface area contributed by atoms with E-state index in [-0.39, 0.29) is 12.5 Å². The van der Waals surface area contributed by atoms with Crippen LogP contribution in [-0.4, -0.2) is 64.7 Å². The van der Waals surface area contributed by atoms with E-state index >= 15 is 0 Å². The number of pyridine rings is 1. The van der Waals surface area contributed by atoms with E-state index in [2.05, 4.69) is 20.0 Å². The first-order valence-electron chi connectivity index (χ1n) is 9.00. The topological polar surface area (TPSA) is 102 Å². The quantitative estimate of drug-likeness (QED) is 0.586. The highest BCUT2D eigenvalue weighted by atomic mass is 16.5. The lowest BCUT2D eigenvalue weighted by atomic mass is 10.2. The van der Waals surface area contributed by atoms with Gasteiger partial charge in [0.05, 0.1) is 6.61 Å². The summed E-state index contributed by atoms with van der Waals surface area (Å²) in [4.78, 5) is 35.9. The van der Waals surface area contributed by atoms with Crippen LogP contribution in [0.5, 0.6) is 0 Å². The van der Waals surface area contributed by atoms with Crippen LogP contribution >= 0.6 is 0 Å². The van der Waals surface area contributed by atoms with Crippen molar-refractivity contribution in [1.82, 2.24) is 20.0 Å². The Kier molecular flexibility index (Phi) is 5.68. The molecule has 0 unspecified atom stereocenters. The highest BCUT2D eigenvalue weighted by molar-refractivity contribution is 6.32. The first-order valence-corrected chi connectivity index (χ1v) is 9.00. The molecule has 1 saturated heterocycles. The summed E-state index contributed by atoms with van der Waals surface area (Å²) in [7, 11) is 0. The molecular weight excluding hydrogens is 350 g/mol. The van der Waals surface area contributed by atoms with E-state index in [1.807, 2.05) is 26.0 Å². The molecule has 2 aromatic heterocycles. The van der Waals surface area contributed by atoms with Crippen LogP contribution in [0.1, 0.15) is 32.6 Å². The minimum absolute atomic E-state index is 0.173. The molecule has 1 aliphatic rings. The van der Waals surface area contributed by atoms with Gasteiger partial charge in [-0.1, -0.05) is 19.0 Å². The van der Waals surface area contributed by atoms with Crippen LogP contribution in [0, 0.1) is 0 Å². The molecule has 2 aromatic rings. The van der Waals surface area contributed by atoms with Gasteiger partial charge in [0.25, 0.3) is 0 Å². The number of ether oxygens (including phenoxy) is 1.